The summed E-state index contributed by atoms with van der Waals surface area (Å²) in [6, 6.07) is 12.0. The normalized spacial score (nSPS) is 15.4. The van der Waals surface area contributed by atoms with E-state index in [-0.39, 0.29) is 5.91 Å². The summed E-state index contributed by atoms with van der Waals surface area (Å²) in [5.74, 6) is 1.39. The zero-order valence-electron chi connectivity index (χ0n) is 13.9. The van der Waals surface area contributed by atoms with Crippen LogP contribution in [-0.2, 0) is 6.54 Å². The number of amides is 1. The molecule has 1 aliphatic heterocycles. The van der Waals surface area contributed by atoms with E-state index in [0.29, 0.717) is 11.5 Å². The molecular formula is C19H20N4O2. The highest BCUT2D eigenvalue weighted by molar-refractivity contribution is 5.93. The van der Waals surface area contributed by atoms with Gasteiger partial charge in [0, 0.05) is 19.0 Å². The number of hydrogen-bond donors (Lipinski definition) is 0. The summed E-state index contributed by atoms with van der Waals surface area (Å²) >= 11 is 0. The summed E-state index contributed by atoms with van der Waals surface area (Å²) in [5, 5.41) is 8.46. The van der Waals surface area contributed by atoms with Crippen molar-refractivity contribution in [2.45, 2.75) is 25.3 Å². The molecule has 0 atom stereocenters. The third-order valence-corrected chi connectivity index (χ3v) is 4.76. The number of piperidine rings is 1. The lowest BCUT2D eigenvalue weighted by molar-refractivity contribution is 0.0709. The Morgan fingerprint density at radius 1 is 1.16 bits per heavy atom. The Morgan fingerprint density at radius 3 is 2.68 bits per heavy atom. The molecule has 0 N–H and O–H groups in total. The second-order valence-corrected chi connectivity index (χ2v) is 6.38. The predicted octanol–water partition coefficient (Wildman–Crippen LogP) is 2.94. The summed E-state index contributed by atoms with van der Waals surface area (Å²) in [5.41, 5.74) is 1.85. The average Bonchev–Trinajstić information content (AvgIpc) is 3.34. The molecule has 1 fully saturated rings. The van der Waals surface area contributed by atoms with Gasteiger partial charge in [0.25, 0.3) is 5.91 Å². The highest BCUT2D eigenvalue weighted by atomic mass is 16.3. The number of furan rings is 1. The van der Waals surface area contributed by atoms with Gasteiger partial charge in [-0.05, 0) is 24.5 Å². The molecule has 0 bridgehead atoms. The highest BCUT2D eigenvalue weighted by Gasteiger charge is 2.27. The number of rotatable bonds is 4. The van der Waals surface area contributed by atoms with Crippen LogP contribution in [0.15, 0.2) is 59.7 Å². The number of benzene rings is 1. The maximum Gasteiger partial charge on any atom is 0.257 e. The minimum absolute atomic E-state index is 0.0398. The molecule has 1 amide bonds. The van der Waals surface area contributed by atoms with Gasteiger partial charge in [-0.1, -0.05) is 30.3 Å². The summed E-state index contributed by atoms with van der Waals surface area (Å²) in [7, 11) is 0. The first-order valence-electron chi connectivity index (χ1n) is 8.54. The fourth-order valence-corrected chi connectivity index (χ4v) is 3.39. The maximum atomic E-state index is 12.4. The lowest BCUT2D eigenvalue weighted by Crippen LogP contribution is -2.38. The van der Waals surface area contributed by atoms with Crippen LogP contribution in [0.4, 0.5) is 0 Å². The lowest BCUT2D eigenvalue weighted by Gasteiger charge is -2.31. The maximum absolute atomic E-state index is 12.4. The van der Waals surface area contributed by atoms with E-state index in [1.165, 1.54) is 18.1 Å². The van der Waals surface area contributed by atoms with Gasteiger partial charge < -0.3 is 13.9 Å². The van der Waals surface area contributed by atoms with Crippen molar-refractivity contribution in [3.8, 4) is 0 Å². The van der Waals surface area contributed by atoms with Gasteiger partial charge in [-0.15, -0.1) is 10.2 Å². The number of hydrogen-bond acceptors (Lipinski definition) is 4. The summed E-state index contributed by atoms with van der Waals surface area (Å²) in [6.07, 6.45) is 6.64. The van der Waals surface area contributed by atoms with Gasteiger partial charge in [-0.2, -0.15) is 0 Å². The van der Waals surface area contributed by atoms with Gasteiger partial charge in [0.15, 0.2) is 0 Å². The Balaban J connectivity index is 1.42. The zero-order valence-corrected chi connectivity index (χ0v) is 13.9. The summed E-state index contributed by atoms with van der Waals surface area (Å²) in [4.78, 5) is 14.3. The second kappa shape index (κ2) is 6.93. The predicted molar refractivity (Wildman–Crippen MR) is 92.2 cm³/mol. The van der Waals surface area contributed by atoms with Crippen molar-refractivity contribution in [3.63, 3.8) is 0 Å². The van der Waals surface area contributed by atoms with E-state index in [4.69, 9.17) is 4.42 Å². The molecule has 0 saturated carbocycles. The van der Waals surface area contributed by atoms with Crippen LogP contribution in [0.2, 0.25) is 0 Å². The lowest BCUT2D eigenvalue weighted by atomic mass is 9.95. The molecule has 0 aliphatic carbocycles. The molecule has 1 aliphatic rings. The fraction of sp³-hybridized carbons (Fsp3) is 0.316. The average molecular weight is 336 g/mol. The van der Waals surface area contributed by atoms with Crippen LogP contribution in [0.25, 0.3) is 0 Å². The van der Waals surface area contributed by atoms with Crippen LogP contribution >= 0.6 is 0 Å². The Bertz CT molecular complexity index is 818. The van der Waals surface area contributed by atoms with Crippen LogP contribution in [0.1, 0.15) is 40.5 Å². The number of carbonyl (C=O) groups is 1. The Kier molecular flexibility index (Phi) is 4.33. The minimum Gasteiger partial charge on any atom is -0.472 e. The monoisotopic (exact) mass is 336 g/mol. The van der Waals surface area contributed by atoms with Crippen molar-refractivity contribution < 1.29 is 9.21 Å². The van der Waals surface area contributed by atoms with E-state index in [1.807, 2.05) is 23.1 Å². The van der Waals surface area contributed by atoms with Crippen molar-refractivity contribution in [3.05, 3.63) is 72.2 Å². The van der Waals surface area contributed by atoms with Gasteiger partial charge in [0.2, 0.25) is 0 Å². The van der Waals surface area contributed by atoms with Gasteiger partial charge in [0.05, 0.1) is 18.4 Å². The van der Waals surface area contributed by atoms with Gasteiger partial charge in [-0.3, -0.25) is 4.79 Å². The largest absolute Gasteiger partial charge is 0.472 e. The van der Waals surface area contributed by atoms with Crippen LogP contribution in [-0.4, -0.2) is 38.7 Å². The molecule has 0 radical (unpaired) electrons. The highest BCUT2D eigenvalue weighted by Crippen LogP contribution is 2.27. The molecule has 3 heterocycles. The van der Waals surface area contributed by atoms with Crippen molar-refractivity contribution >= 4 is 5.91 Å². The molecule has 1 aromatic carbocycles. The van der Waals surface area contributed by atoms with E-state index >= 15 is 0 Å². The zero-order chi connectivity index (χ0) is 17.1. The molecule has 25 heavy (non-hydrogen) atoms. The minimum atomic E-state index is 0.0398. The second-order valence-electron chi connectivity index (χ2n) is 6.38. The van der Waals surface area contributed by atoms with Crippen LogP contribution in [0, 0.1) is 0 Å². The van der Waals surface area contributed by atoms with E-state index in [1.54, 1.807) is 12.4 Å². The van der Waals surface area contributed by atoms with Crippen molar-refractivity contribution in [2.75, 3.05) is 13.1 Å². The molecule has 1 saturated heterocycles. The van der Waals surface area contributed by atoms with Crippen molar-refractivity contribution in [1.82, 2.24) is 19.7 Å². The molecule has 6 heteroatoms. The number of nitrogens with zero attached hydrogens (tertiary/aromatic N) is 4. The first-order chi connectivity index (χ1) is 12.3. The Hall–Kier alpha value is -2.89. The SMILES string of the molecule is O=C(c1ccoc1)N1CCC(c2nncn2Cc2ccccc2)CC1. The van der Waals surface area contributed by atoms with E-state index in [9.17, 15) is 4.79 Å². The quantitative estimate of drug-likeness (QED) is 0.735. The number of aromatic nitrogens is 3. The number of likely N-dealkylation sites (tertiary alicyclic amines) is 1. The molecule has 128 valence electrons. The van der Waals surface area contributed by atoms with Gasteiger partial charge in [0.1, 0.15) is 18.4 Å². The van der Waals surface area contributed by atoms with Crippen molar-refractivity contribution in [1.29, 1.82) is 0 Å². The van der Waals surface area contributed by atoms with Crippen LogP contribution in [0.3, 0.4) is 0 Å². The summed E-state index contributed by atoms with van der Waals surface area (Å²) < 4.78 is 7.13. The first-order valence-corrected chi connectivity index (χ1v) is 8.54. The van der Waals surface area contributed by atoms with Gasteiger partial charge >= 0.3 is 0 Å². The number of carbonyl (C=O) groups excluding carboxylic acids is 1. The fourth-order valence-electron chi connectivity index (χ4n) is 3.39. The van der Waals surface area contributed by atoms with E-state index in [2.05, 4.69) is 26.9 Å². The van der Waals surface area contributed by atoms with Crippen LogP contribution < -0.4 is 0 Å². The molecule has 6 nitrogen and oxygen atoms in total. The Morgan fingerprint density at radius 2 is 1.96 bits per heavy atom. The topological polar surface area (TPSA) is 64.2 Å². The molecule has 3 aromatic rings. The summed E-state index contributed by atoms with van der Waals surface area (Å²) in [6.45, 7) is 2.23. The van der Waals surface area contributed by atoms with E-state index in [0.717, 1.165) is 38.3 Å². The standard InChI is InChI=1S/C19H20N4O2/c24-19(17-8-11-25-13-17)22-9-6-16(7-10-22)18-21-20-14-23(18)12-15-4-2-1-3-5-15/h1-5,8,11,13-14,16H,6-7,9-10,12H2. The molecule has 0 spiro atoms. The van der Waals surface area contributed by atoms with Crippen molar-refractivity contribution in [2.24, 2.45) is 0 Å². The van der Waals surface area contributed by atoms with Crippen LogP contribution in [0.5, 0.6) is 0 Å². The van der Waals surface area contributed by atoms with Gasteiger partial charge in [-0.25, -0.2) is 0 Å². The third kappa shape index (κ3) is 3.33. The Labute approximate surface area is 146 Å². The smallest absolute Gasteiger partial charge is 0.257 e. The molecular weight excluding hydrogens is 316 g/mol. The first kappa shape index (κ1) is 15.6. The van der Waals surface area contributed by atoms with E-state index < -0.39 is 0 Å². The molecule has 0 unspecified atom stereocenters. The molecule has 4 rings (SSSR count). The molecule has 2 aromatic heterocycles. The third-order valence-electron chi connectivity index (χ3n) is 4.76.